The summed E-state index contributed by atoms with van der Waals surface area (Å²) in [6, 6.07) is 9.96. The predicted octanol–water partition coefficient (Wildman–Crippen LogP) is 2.92. The van der Waals surface area contributed by atoms with Crippen molar-refractivity contribution in [2.75, 3.05) is 18.0 Å². The van der Waals surface area contributed by atoms with E-state index in [2.05, 4.69) is 20.4 Å². The zero-order valence-corrected chi connectivity index (χ0v) is 14.7. The molecule has 8 heteroatoms. The molecule has 2 aromatic heterocycles. The standard InChI is InChI=1S/C18H17ClFN5O/c19-13-4-3-5-14(20)16(13)17(26)21-12-7-10-24(11-8-12)18-23-22-15-6-1-2-9-25(15)18/h1-6,9,12H,7-8,10-11H2,(H,21,26). The molecule has 1 fully saturated rings. The van der Waals surface area contributed by atoms with Crippen molar-refractivity contribution >= 4 is 29.1 Å². The summed E-state index contributed by atoms with van der Waals surface area (Å²) in [5, 5.41) is 11.4. The molecule has 1 saturated heterocycles. The third-order valence-corrected chi connectivity index (χ3v) is 4.91. The molecule has 0 unspecified atom stereocenters. The zero-order valence-electron chi connectivity index (χ0n) is 13.9. The van der Waals surface area contributed by atoms with Gasteiger partial charge in [-0.1, -0.05) is 23.7 Å². The predicted molar refractivity (Wildman–Crippen MR) is 97.1 cm³/mol. The number of pyridine rings is 1. The van der Waals surface area contributed by atoms with Crippen LogP contribution in [0.25, 0.3) is 5.65 Å². The van der Waals surface area contributed by atoms with E-state index in [0.29, 0.717) is 0 Å². The normalized spacial score (nSPS) is 15.4. The lowest BCUT2D eigenvalue weighted by atomic mass is 10.0. The Hall–Kier alpha value is -2.67. The highest BCUT2D eigenvalue weighted by molar-refractivity contribution is 6.33. The number of piperidine rings is 1. The van der Waals surface area contributed by atoms with E-state index >= 15 is 0 Å². The van der Waals surface area contributed by atoms with Gasteiger partial charge in [-0.05, 0) is 37.1 Å². The molecule has 3 heterocycles. The molecule has 134 valence electrons. The van der Waals surface area contributed by atoms with Gasteiger partial charge < -0.3 is 10.2 Å². The van der Waals surface area contributed by atoms with Crippen molar-refractivity contribution < 1.29 is 9.18 Å². The highest BCUT2D eigenvalue weighted by Gasteiger charge is 2.25. The summed E-state index contributed by atoms with van der Waals surface area (Å²) in [5.74, 6) is -0.288. The van der Waals surface area contributed by atoms with Crippen molar-refractivity contribution in [3.05, 3.63) is 59.0 Å². The molecular formula is C18H17ClFN5O. The molecule has 1 aromatic carbocycles. The molecule has 1 aliphatic rings. The van der Waals surface area contributed by atoms with E-state index < -0.39 is 11.7 Å². The van der Waals surface area contributed by atoms with Gasteiger partial charge in [-0.2, -0.15) is 0 Å². The largest absolute Gasteiger partial charge is 0.349 e. The lowest BCUT2D eigenvalue weighted by Crippen LogP contribution is -2.45. The molecule has 0 aliphatic carbocycles. The Morgan fingerprint density at radius 2 is 1.96 bits per heavy atom. The topological polar surface area (TPSA) is 62.5 Å². The van der Waals surface area contributed by atoms with Crippen LogP contribution in [0.3, 0.4) is 0 Å². The molecule has 1 aliphatic heterocycles. The first-order valence-corrected chi connectivity index (χ1v) is 8.81. The average Bonchev–Trinajstić information content (AvgIpc) is 3.06. The van der Waals surface area contributed by atoms with Crippen LogP contribution in [0.1, 0.15) is 23.2 Å². The second-order valence-corrected chi connectivity index (χ2v) is 6.67. The molecule has 0 saturated carbocycles. The van der Waals surface area contributed by atoms with E-state index in [0.717, 1.165) is 37.5 Å². The number of nitrogens with zero attached hydrogens (tertiary/aromatic N) is 4. The highest BCUT2D eigenvalue weighted by atomic mass is 35.5. The molecule has 1 amide bonds. The number of anilines is 1. The summed E-state index contributed by atoms with van der Waals surface area (Å²) in [5.41, 5.74) is 0.701. The maximum atomic E-state index is 13.9. The van der Waals surface area contributed by atoms with Gasteiger partial charge in [0.2, 0.25) is 5.95 Å². The fraction of sp³-hybridized carbons (Fsp3) is 0.278. The Bertz CT molecular complexity index is 931. The molecule has 1 N–H and O–H groups in total. The Morgan fingerprint density at radius 3 is 2.73 bits per heavy atom. The fourth-order valence-corrected chi connectivity index (χ4v) is 3.49. The Balaban J connectivity index is 1.42. The van der Waals surface area contributed by atoms with Crippen LogP contribution in [0.5, 0.6) is 0 Å². The lowest BCUT2D eigenvalue weighted by Gasteiger charge is -2.32. The van der Waals surface area contributed by atoms with Crippen LogP contribution in [-0.4, -0.2) is 39.6 Å². The molecule has 3 aromatic rings. The molecule has 4 rings (SSSR count). The SMILES string of the molecule is O=C(NC1CCN(c2nnc3ccccn23)CC1)c1c(F)cccc1Cl. The first kappa shape index (κ1) is 16.8. The van der Waals surface area contributed by atoms with Gasteiger partial charge in [0.25, 0.3) is 5.91 Å². The van der Waals surface area contributed by atoms with Crippen LogP contribution in [0.15, 0.2) is 42.6 Å². The van der Waals surface area contributed by atoms with Gasteiger partial charge in [-0.3, -0.25) is 9.20 Å². The van der Waals surface area contributed by atoms with E-state index in [1.807, 2.05) is 28.8 Å². The Labute approximate surface area is 154 Å². The third kappa shape index (κ3) is 3.10. The van der Waals surface area contributed by atoms with Crippen LogP contribution in [0, 0.1) is 5.82 Å². The lowest BCUT2D eigenvalue weighted by molar-refractivity contribution is 0.0927. The quantitative estimate of drug-likeness (QED) is 0.766. The first-order valence-electron chi connectivity index (χ1n) is 8.43. The molecule has 0 bridgehead atoms. The highest BCUT2D eigenvalue weighted by Crippen LogP contribution is 2.22. The van der Waals surface area contributed by atoms with E-state index in [-0.39, 0.29) is 16.6 Å². The number of aromatic nitrogens is 3. The van der Waals surface area contributed by atoms with Gasteiger partial charge in [0.1, 0.15) is 5.82 Å². The number of amides is 1. The van der Waals surface area contributed by atoms with Crippen molar-refractivity contribution in [3.8, 4) is 0 Å². The minimum atomic E-state index is -0.609. The first-order chi connectivity index (χ1) is 12.6. The van der Waals surface area contributed by atoms with Crippen LogP contribution in [0.2, 0.25) is 5.02 Å². The number of halogens is 2. The number of nitrogens with one attached hydrogen (secondary N) is 1. The maximum Gasteiger partial charge on any atom is 0.255 e. The van der Waals surface area contributed by atoms with Crippen molar-refractivity contribution in [1.82, 2.24) is 19.9 Å². The van der Waals surface area contributed by atoms with Crippen LogP contribution < -0.4 is 10.2 Å². The van der Waals surface area contributed by atoms with Crippen LogP contribution >= 0.6 is 11.6 Å². The number of rotatable bonds is 3. The number of hydrogen-bond acceptors (Lipinski definition) is 4. The summed E-state index contributed by atoms with van der Waals surface area (Å²) >= 11 is 5.96. The van der Waals surface area contributed by atoms with Crippen molar-refractivity contribution in [1.29, 1.82) is 0 Å². The number of carbonyl (C=O) groups is 1. The third-order valence-electron chi connectivity index (χ3n) is 4.60. The zero-order chi connectivity index (χ0) is 18.1. The molecular weight excluding hydrogens is 357 g/mol. The van der Waals surface area contributed by atoms with Crippen molar-refractivity contribution in [2.45, 2.75) is 18.9 Å². The van der Waals surface area contributed by atoms with Gasteiger partial charge in [0, 0.05) is 25.3 Å². The second kappa shape index (κ2) is 6.92. The van der Waals surface area contributed by atoms with Gasteiger partial charge in [0.05, 0.1) is 10.6 Å². The molecule has 0 radical (unpaired) electrons. The smallest absolute Gasteiger partial charge is 0.255 e. The molecule has 0 spiro atoms. The van der Waals surface area contributed by atoms with Gasteiger partial charge in [0.15, 0.2) is 5.65 Å². The van der Waals surface area contributed by atoms with E-state index in [4.69, 9.17) is 11.6 Å². The average molecular weight is 374 g/mol. The summed E-state index contributed by atoms with van der Waals surface area (Å²) in [4.78, 5) is 14.5. The molecule has 0 atom stereocenters. The van der Waals surface area contributed by atoms with Crippen molar-refractivity contribution in [3.63, 3.8) is 0 Å². The van der Waals surface area contributed by atoms with E-state index in [1.165, 1.54) is 18.2 Å². The van der Waals surface area contributed by atoms with Gasteiger partial charge in [-0.25, -0.2) is 4.39 Å². The maximum absolute atomic E-state index is 13.9. The van der Waals surface area contributed by atoms with E-state index in [1.54, 1.807) is 0 Å². The Morgan fingerprint density at radius 1 is 1.15 bits per heavy atom. The van der Waals surface area contributed by atoms with Gasteiger partial charge in [-0.15, -0.1) is 10.2 Å². The van der Waals surface area contributed by atoms with Crippen LogP contribution in [-0.2, 0) is 0 Å². The number of fused-ring (bicyclic) bond motifs is 1. The minimum absolute atomic E-state index is 0.0337. The van der Waals surface area contributed by atoms with Gasteiger partial charge >= 0.3 is 0 Å². The summed E-state index contributed by atoms with van der Waals surface area (Å²) in [6.07, 6.45) is 3.40. The number of carbonyl (C=O) groups excluding carboxylic acids is 1. The van der Waals surface area contributed by atoms with E-state index in [9.17, 15) is 9.18 Å². The molecule has 26 heavy (non-hydrogen) atoms. The fourth-order valence-electron chi connectivity index (χ4n) is 3.24. The summed E-state index contributed by atoms with van der Waals surface area (Å²) < 4.78 is 15.8. The second-order valence-electron chi connectivity index (χ2n) is 6.26. The summed E-state index contributed by atoms with van der Waals surface area (Å²) in [7, 11) is 0. The number of hydrogen-bond donors (Lipinski definition) is 1. The Kier molecular flexibility index (Phi) is 4.46. The van der Waals surface area contributed by atoms with Crippen molar-refractivity contribution in [2.24, 2.45) is 0 Å². The number of benzene rings is 1. The molecule has 6 nitrogen and oxygen atoms in total. The van der Waals surface area contributed by atoms with Crippen LogP contribution in [0.4, 0.5) is 10.3 Å². The minimum Gasteiger partial charge on any atom is -0.349 e. The monoisotopic (exact) mass is 373 g/mol. The summed E-state index contributed by atoms with van der Waals surface area (Å²) in [6.45, 7) is 1.46.